The van der Waals surface area contributed by atoms with Gasteiger partial charge in [0.2, 0.25) is 0 Å². The summed E-state index contributed by atoms with van der Waals surface area (Å²) < 4.78 is 11.6. The number of thioether (sulfide) groups is 1. The van der Waals surface area contributed by atoms with Crippen LogP contribution in [0.1, 0.15) is 18.1 Å². The van der Waals surface area contributed by atoms with Crippen LogP contribution in [0.2, 0.25) is 0 Å². The molecule has 6 heteroatoms. The van der Waals surface area contributed by atoms with Crippen LogP contribution in [-0.4, -0.2) is 28.8 Å². The maximum atomic E-state index is 12.8. The van der Waals surface area contributed by atoms with Gasteiger partial charge in [-0.05, 0) is 24.6 Å². The van der Waals surface area contributed by atoms with Crippen LogP contribution in [0.4, 0.5) is 0 Å². The van der Waals surface area contributed by atoms with Gasteiger partial charge in [-0.3, -0.25) is 9.69 Å². The standard InChI is InChI=1S/C20H19NO3S2/c1-3-24-18-15(10-7-11-16(18)23-2)12-17-19(22)21(20(25)26-17)13-14-8-5-4-6-9-14/h4-12H,3,13H2,1-2H3/b17-12-. The summed E-state index contributed by atoms with van der Waals surface area (Å²) in [5.74, 6) is 1.18. The SMILES string of the molecule is CCOc1c(/C=C2\SC(=S)N(Cc3ccccc3)C2=O)cccc1OC. The van der Waals surface area contributed by atoms with E-state index in [1.54, 1.807) is 12.0 Å². The Morgan fingerprint density at radius 3 is 2.62 bits per heavy atom. The fourth-order valence-electron chi connectivity index (χ4n) is 2.65. The van der Waals surface area contributed by atoms with Crippen molar-refractivity contribution in [2.24, 2.45) is 0 Å². The van der Waals surface area contributed by atoms with E-state index in [-0.39, 0.29) is 5.91 Å². The second-order valence-corrected chi connectivity index (χ2v) is 7.24. The molecule has 2 aromatic carbocycles. The first kappa shape index (κ1) is 18.5. The minimum Gasteiger partial charge on any atom is -0.493 e. The van der Waals surface area contributed by atoms with Crippen molar-refractivity contribution in [3.05, 3.63) is 64.6 Å². The molecule has 1 amide bonds. The summed E-state index contributed by atoms with van der Waals surface area (Å²) in [5.41, 5.74) is 1.84. The molecule has 1 aliphatic rings. The Labute approximate surface area is 162 Å². The summed E-state index contributed by atoms with van der Waals surface area (Å²) in [6, 6.07) is 15.4. The Bertz CT molecular complexity index is 849. The van der Waals surface area contributed by atoms with Crippen molar-refractivity contribution in [1.29, 1.82) is 0 Å². The molecule has 0 spiro atoms. The Morgan fingerprint density at radius 2 is 1.92 bits per heavy atom. The van der Waals surface area contributed by atoms with E-state index in [2.05, 4.69) is 0 Å². The van der Waals surface area contributed by atoms with E-state index in [0.29, 0.717) is 33.9 Å². The first-order valence-corrected chi connectivity index (χ1v) is 9.45. The Hall–Kier alpha value is -2.31. The quantitative estimate of drug-likeness (QED) is 0.541. The molecule has 0 aliphatic carbocycles. The average Bonchev–Trinajstić information content (AvgIpc) is 2.91. The highest BCUT2D eigenvalue weighted by atomic mass is 32.2. The van der Waals surface area contributed by atoms with Crippen LogP contribution in [0, 0.1) is 0 Å². The summed E-state index contributed by atoms with van der Waals surface area (Å²) in [6.45, 7) is 2.89. The van der Waals surface area contributed by atoms with Crippen molar-refractivity contribution in [3.63, 3.8) is 0 Å². The summed E-state index contributed by atoms with van der Waals surface area (Å²) >= 11 is 6.72. The molecular weight excluding hydrogens is 366 g/mol. The van der Waals surface area contributed by atoms with Gasteiger partial charge in [-0.1, -0.05) is 66.4 Å². The molecule has 0 N–H and O–H groups in total. The third-order valence-corrected chi connectivity index (χ3v) is 5.24. The monoisotopic (exact) mass is 385 g/mol. The largest absolute Gasteiger partial charge is 0.493 e. The van der Waals surface area contributed by atoms with Gasteiger partial charge in [-0.15, -0.1) is 0 Å². The zero-order valence-corrected chi connectivity index (χ0v) is 16.2. The highest BCUT2D eigenvalue weighted by Crippen LogP contribution is 2.38. The molecule has 4 nitrogen and oxygen atoms in total. The van der Waals surface area contributed by atoms with Gasteiger partial charge in [0.15, 0.2) is 11.5 Å². The van der Waals surface area contributed by atoms with E-state index in [1.165, 1.54) is 11.8 Å². The van der Waals surface area contributed by atoms with Crippen LogP contribution in [0.15, 0.2) is 53.4 Å². The van der Waals surface area contributed by atoms with E-state index in [0.717, 1.165) is 11.1 Å². The normalized spacial score (nSPS) is 15.6. The fraction of sp³-hybridized carbons (Fsp3) is 0.200. The lowest BCUT2D eigenvalue weighted by Gasteiger charge is -2.14. The number of carbonyl (C=O) groups is 1. The molecule has 2 aromatic rings. The lowest BCUT2D eigenvalue weighted by atomic mass is 10.1. The second kappa shape index (κ2) is 8.38. The summed E-state index contributed by atoms with van der Waals surface area (Å²) in [6.07, 6.45) is 1.82. The lowest BCUT2D eigenvalue weighted by Crippen LogP contribution is -2.27. The number of hydrogen-bond acceptors (Lipinski definition) is 5. The molecule has 0 saturated carbocycles. The van der Waals surface area contributed by atoms with Crippen molar-refractivity contribution in [2.75, 3.05) is 13.7 Å². The van der Waals surface area contributed by atoms with Crippen LogP contribution in [0.25, 0.3) is 6.08 Å². The first-order chi connectivity index (χ1) is 12.6. The molecule has 0 aromatic heterocycles. The number of ether oxygens (including phenoxy) is 2. The molecule has 134 valence electrons. The Morgan fingerprint density at radius 1 is 1.15 bits per heavy atom. The van der Waals surface area contributed by atoms with Gasteiger partial charge in [-0.25, -0.2) is 0 Å². The van der Waals surface area contributed by atoms with Gasteiger partial charge >= 0.3 is 0 Å². The van der Waals surface area contributed by atoms with E-state index in [4.69, 9.17) is 21.7 Å². The lowest BCUT2D eigenvalue weighted by molar-refractivity contribution is -0.122. The Balaban J connectivity index is 1.89. The zero-order chi connectivity index (χ0) is 18.5. The van der Waals surface area contributed by atoms with Crippen LogP contribution < -0.4 is 9.47 Å². The number of benzene rings is 2. The minimum absolute atomic E-state index is 0.0888. The van der Waals surface area contributed by atoms with Crippen molar-refractivity contribution < 1.29 is 14.3 Å². The van der Waals surface area contributed by atoms with Gasteiger partial charge in [0.1, 0.15) is 4.32 Å². The van der Waals surface area contributed by atoms with E-state index in [1.807, 2.05) is 61.5 Å². The molecule has 0 atom stereocenters. The van der Waals surface area contributed by atoms with Crippen LogP contribution >= 0.6 is 24.0 Å². The van der Waals surface area contributed by atoms with Gasteiger partial charge in [0.25, 0.3) is 5.91 Å². The third kappa shape index (κ3) is 3.92. The molecule has 1 aliphatic heterocycles. The number of carbonyl (C=O) groups excluding carboxylic acids is 1. The molecule has 1 fully saturated rings. The maximum Gasteiger partial charge on any atom is 0.266 e. The number of para-hydroxylation sites is 1. The molecular formula is C20H19NO3S2. The van der Waals surface area contributed by atoms with E-state index in [9.17, 15) is 4.79 Å². The molecule has 3 rings (SSSR count). The summed E-state index contributed by atoms with van der Waals surface area (Å²) in [4.78, 5) is 15.0. The second-order valence-electron chi connectivity index (χ2n) is 5.57. The number of rotatable bonds is 6. The van der Waals surface area contributed by atoms with Crippen LogP contribution in [-0.2, 0) is 11.3 Å². The number of hydrogen-bond donors (Lipinski definition) is 0. The number of thiocarbonyl (C=S) groups is 1. The molecule has 1 saturated heterocycles. The predicted octanol–water partition coefficient (Wildman–Crippen LogP) is 4.50. The van der Waals surface area contributed by atoms with Gasteiger partial charge in [0, 0.05) is 5.56 Å². The molecule has 1 heterocycles. The highest BCUT2D eigenvalue weighted by molar-refractivity contribution is 8.26. The van der Waals surface area contributed by atoms with E-state index < -0.39 is 0 Å². The van der Waals surface area contributed by atoms with Gasteiger partial charge < -0.3 is 9.47 Å². The van der Waals surface area contributed by atoms with Gasteiger partial charge in [0.05, 0.1) is 25.2 Å². The molecule has 0 unspecified atom stereocenters. The number of methoxy groups -OCH3 is 1. The summed E-state index contributed by atoms with van der Waals surface area (Å²) in [7, 11) is 1.60. The average molecular weight is 386 g/mol. The van der Waals surface area contributed by atoms with Crippen molar-refractivity contribution >= 4 is 40.3 Å². The Kier molecular flexibility index (Phi) is 5.96. The van der Waals surface area contributed by atoms with Crippen molar-refractivity contribution in [1.82, 2.24) is 4.90 Å². The smallest absolute Gasteiger partial charge is 0.266 e. The van der Waals surface area contributed by atoms with E-state index >= 15 is 0 Å². The van der Waals surface area contributed by atoms with Crippen LogP contribution in [0.5, 0.6) is 11.5 Å². The molecule has 0 radical (unpaired) electrons. The molecule has 26 heavy (non-hydrogen) atoms. The zero-order valence-electron chi connectivity index (χ0n) is 14.6. The number of nitrogens with zero attached hydrogens (tertiary/aromatic N) is 1. The molecule has 0 bridgehead atoms. The van der Waals surface area contributed by atoms with Crippen molar-refractivity contribution in [3.8, 4) is 11.5 Å². The number of amides is 1. The van der Waals surface area contributed by atoms with Crippen LogP contribution in [0.3, 0.4) is 0 Å². The minimum atomic E-state index is -0.0888. The predicted molar refractivity (Wildman–Crippen MR) is 109 cm³/mol. The fourth-order valence-corrected chi connectivity index (χ4v) is 3.90. The first-order valence-electron chi connectivity index (χ1n) is 8.23. The third-order valence-electron chi connectivity index (χ3n) is 3.86. The maximum absolute atomic E-state index is 12.8. The van der Waals surface area contributed by atoms with Gasteiger partial charge in [-0.2, -0.15) is 0 Å². The van der Waals surface area contributed by atoms with Crippen molar-refractivity contribution in [2.45, 2.75) is 13.5 Å². The highest BCUT2D eigenvalue weighted by Gasteiger charge is 2.32. The summed E-state index contributed by atoms with van der Waals surface area (Å²) in [5, 5.41) is 0. The topological polar surface area (TPSA) is 38.8 Å².